The Kier molecular flexibility index (Phi) is 3.84. The van der Waals surface area contributed by atoms with Gasteiger partial charge in [0.25, 0.3) is 0 Å². The van der Waals surface area contributed by atoms with E-state index in [0.717, 1.165) is 23.0 Å². The summed E-state index contributed by atoms with van der Waals surface area (Å²) in [5.74, 6) is 0. The number of benzene rings is 1. The number of hydrogen-bond acceptors (Lipinski definition) is 3. The van der Waals surface area contributed by atoms with Gasteiger partial charge in [-0.2, -0.15) is 0 Å². The Balaban J connectivity index is 2.30. The van der Waals surface area contributed by atoms with E-state index in [2.05, 4.69) is 53.0 Å². The molecule has 0 radical (unpaired) electrons. The number of rotatable bonds is 3. The Labute approximate surface area is 114 Å². The predicted molar refractivity (Wildman–Crippen MR) is 77.6 cm³/mol. The number of nitrogens with zero attached hydrogens (tertiary/aromatic N) is 1. The molecule has 2 N–H and O–H groups in total. The molecule has 0 saturated heterocycles. The van der Waals surface area contributed by atoms with Crippen molar-refractivity contribution >= 4 is 32.4 Å². The van der Waals surface area contributed by atoms with Crippen LogP contribution in [0, 0.1) is 6.92 Å². The van der Waals surface area contributed by atoms with Crippen molar-refractivity contribution in [2.24, 2.45) is 0 Å². The number of halogens is 1. The molecule has 1 aromatic heterocycles. The highest BCUT2D eigenvalue weighted by Crippen LogP contribution is 2.27. The van der Waals surface area contributed by atoms with Gasteiger partial charge in [0.1, 0.15) is 0 Å². The first-order valence-corrected chi connectivity index (χ1v) is 7.20. The topological polar surface area (TPSA) is 38.9 Å². The van der Waals surface area contributed by atoms with Gasteiger partial charge in [0.05, 0.1) is 5.69 Å². The van der Waals surface area contributed by atoms with E-state index in [1.54, 1.807) is 11.3 Å². The minimum atomic E-state index is 0.667. The number of hydrogen-bond donors (Lipinski definition) is 1. The summed E-state index contributed by atoms with van der Waals surface area (Å²) >= 11 is 5.20. The summed E-state index contributed by atoms with van der Waals surface area (Å²) in [4.78, 5) is 5.63. The number of nitrogens with two attached hydrogens (primary N) is 1. The third-order valence-corrected chi connectivity index (χ3v) is 4.35. The maximum Gasteiger partial charge on any atom is 0.180 e. The largest absolute Gasteiger partial charge is 0.375 e. The van der Waals surface area contributed by atoms with Gasteiger partial charge in [-0.3, -0.25) is 0 Å². The molecule has 2 nitrogen and oxygen atoms in total. The lowest BCUT2D eigenvalue weighted by atomic mass is 10.1. The van der Waals surface area contributed by atoms with Crippen LogP contribution in [0.1, 0.15) is 28.6 Å². The monoisotopic (exact) mass is 310 g/mol. The van der Waals surface area contributed by atoms with Crippen LogP contribution in [0.2, 0.25) is 0 Å². The Morgan fingerprint density at radius 3 is 2.82 bits per heavy atom. The number of aromatic nitrogens is 1. The molecule has 0 aliphatic rings. The molecule has 2 aromatic rings. The minimum Gasteiger partial charge on any atom is -0.375 e. The molecule has 4 heteroatoms. The van der Waals surface area contributed by atoms with Crippen LogP contribution >= 0.6 is 27.3 Å². The summed E-state index contributed by atoms with van der Waals surface area (Å²) in [5.41, 5.74) is 9.44. The second-order valence-corrected chi connectivity index (χ2v) is 6.02. The number of aryl methyl sites for hydroxylation is 2. The molecule has 1 aromatic carbocycles. The summed E-state index contributed by atoms with van der Waals surface area (Å²) < 4.78 is 1.16. The standard InChI is InChI=1S/C13H15BrN2S/c1-3-11-12(17-13(15)16-11)7-9-5-4-8(2)6-10(9)14/h4-6H,3,7H2,1-2H3,(H2,15,16). The van der Waals surface area contributed by atoms with Crippen LogP contribution in [0.5, 0.6) is 0 Å². The zero-order valence-electron chi connectivity index (χ0n) is 9.96. The van der Waals surface area contributed by atoms with Gasteiger partial charge >= 0.3 is 0 Å². The van der Waals surface area contributed by atoms with Gasteiger partial charge in [0.2, 0.25) is 0 Å². The second-order valence-electron chi connectivity index (χ2n) is 4.05. The molecule has 90 valence electrons. The van der Waals surface area contributed by atoms with E-state index in [1.165, 1.54) is 16.0 Å². The lowest BCUT2D eigenvalue weighted by molar-refractivity contribution is 1.02. The minimum absolute atomic E-state index is 0.667. The highest BCUT2D eigenvalue weighted by atomic mass is 79.9. The Morgan fingerprint density at radius 2 is 2.18 bits per heavy atom. The molecular weight excluding hydrogens is 296 g/mol. The SMILES string of the molecule is CCc1nc(N)sc1Cc1ccc(C)cc1Br. The van der Waals surface area contributed by atoms with E-state index >= 15 is 0 Å². The maximum atomic E-state index is 5.77. The van der Waals surface area contributed by atoms with E-state index in [1.807, 2.05) is 0 Å². The van der Waals surface area contributed by atoms with Crippen LogP contribution in [0.25, 0.3) is 0 Å². The first kappa shape index (κ1) is 12.6. The van der Waals surface area contributed by atoms with Crippen LogP contribution in [0.3, 0.4) is 0 Å². The molecule has 0 aliphatic carbocycles. The second kappa shape index (κ2) is 5.19. The Bertz CT molecular complexity index is 534. The van der Waals surface area contributed by atoms with Crippen molar-refractivity contribution in [1.29, 1.82) is 0 Å². The lowest BCUT2D eigenvalue weighted by Crippen LogP contribution is -1.92. The van der Waals surface area contributed by atoms with Crippen molar-refractivity contribution in [2.45, 2.75) is 26.7 Å². The highest BCUT2D eigenvalue weighted by molar-refractivity contribution is 9.10. The molecule has 0 amide bonds. The van der Waals surface area contributed by atoms with Gasteiger partial charge in [-0.25, -0.2) is 4.98 Å². The Hall–Kier alpha value is -0.870. The summed E-state index contributed by atoms with van der Waals surface area (Å²) in [6.07, 6.45) is 1.84. The quantitative estimate of drug-likeness (QED) is 0.932. The van der Waals surface area contributed by atoms with Gasteiger partial charge in [-0.15, -0.1) is 11.3 Å². The molecule has 0 bridgehead atoms. The molecule has 0 unspecified atom stereocenters. The molecule has 0 aliphatic heterocycles. The van der Waals surface area contributed by atoms with Gasteiger partial charge in [0, 0.05) is 15.8 Å². The van der Waals surface area contributed by atoms with E-state index < -0.39 is 0 Å². The fourth-order valence-electron chi connectivity index (χ4n) is 1.79. The first-order valence-electron chi connectivity index (χ1n) is 5.59. The van der Waals surface area contributed by atoms with Crippen LogP contribution in [-0.2, 0) is 12.8 Å². The third-order valence-electron chi connectivity index (χ3n) is 2.69. The molecule has 0 saturated carbocycles. The van der Waals surface area contributed by atoms with Crippen molar-refractivity contribution in [2.75, 3.05) is 5.73 Å². The van der Waals surface area contributed by atoms with Gasteiger partial charge in [-0.1, -0.05) is 35.0 Å². The fourth-order valence-corrected chi connectivity index (χ4v) is 3.36. The average molecular weight is 311 g/mol. The number of thiazole rings is 1. The van der Waals surface area contributed by atoms with E-state index in [0.29, 0.717) is 5.13 Å². The predicted octanol–water partition coefficient (Wildman–Crippen LogP) is 3.95. The van der Waals surface area contributed by atoms with E-state index in [4.69, 9.17) is 5.73 Å². The zero-order chi connectivity index (χ0) is 12.4. The molecular formula is C13H15BrN2S. The smallest absolute Gasteiger partial charge is 0.180 e. The fraction of sp³-hybridized carbons (Fsp3) is 0.308. The molecule has 17 heavy (non-hydrogen) atoms. The van der Waals surface area contributed by atoms with Crippen LogP contribution in [-0.4, -0.2) is 4.98 Å². The van der Waals surface area contributed by atoms with Crippen molar-refractivity contribution < 1.29 is 0 Å². The molecule has 0 fully saturated rings. The van der Waals surface area contributed by atoms with Gasteiger partial charge in [0.15, 0.2) is 5.13 Å². The normalized spacial score (nSPS) is 10.8. The van der Waals surface area contributed by atoms with Crippen molar-refractivity contribution in [3.63, 3.8) is 0 Å². The molecule has 2 rings (SSSR count). The van der Waals surface area contributed by atoms with Crippen LogP contribution < -0.4 is 5.73 Å². The van der Waals surface area contributed by atoms with Crippen molar-refractivity contribution in [3.8, 4) is 0 Å². The summed E-state index contributed by atoms with van der Waals surface area (Å²) in [6, 6.07) is 6.44. The summed E-state index contributed by atoms with van der Waals surface area (Å²) in [6.45, 7) is 4.21. The molecule has 0 atom stereocenters. The number of anilines is 1. The van der Waals surface area contributed by atoms with Gasteiger partial charge in [-0.05, 0) is 30.5 Å². The van der Waals surface area contributed by atoms with Crippen molar-refractivity contribution in [3.05, 3.63) is 44.4 Å². The molecule has 0 spiro atoms. The lowest BCUT2D eigenvalue weighted by Gasteiger charge is -2.05. The summed E-state index contributed by atoms with van der Waals surface area (Å²) in [7, 11) is 0. The van der Waals surface area contributed by atoms with Gasteiger partial charge < -0.3 is 5.73 Å². The average Bonchev–Trinajstić information content (AvgIpc) is 2.63. The van der Waals surface area contributed by atoms with Crippen LogP contribution in [0.15, 0.2) is 22.7 Å². The van der Waals surface area contributed by atoms with Crippen LogP contribution in [0.4, 0.5) is 5.13 Å². The van der Waals surface area contributed by atoms with Crippen molar-refractivity contribution in [1.82, 2.24) is 4.98 Å². The maximum absolute atomic E-state index is 5.77. The first-order chi connectivity index (χ1) is 8.10. The summed E-state index contributed by atoms with van der Waals surface area (Å²) in [5, 5.41) is 0.667. The third kappa shape index (κ3) is 2.87. The van der Waals surface area contributed by atoms with E-state index in [-0.39, 0.29) is 0 Å². The van der Waals surface area contributed by atoms with E-state index in [9.17, 15) is 0 Å². The zero-order valence-corrected chi connectivity index (χ0v) is 12.4. The molecule has 1 heterocycles. The number of nitrogen functional groups attached to an aromatic ring is 1. The highest BCUT2D eigenvalue weighted by Gasteiger charge is 2.10. The Morgan fingerprint density at radius 1 is 1.41 bits per heavy atom.